The first-order chi connectivity index (χ1) is 9.56. The first kappa shape index (κ1) is 15.3. The lowest BCUT2D eigenvalue weighted by Gasteiger charge is -2.24. The number of hydrogen-bond donors (Lipinski definition) is 3. The zero-order chi connectivity index (χ0) is 14.5. The molecule has 1 aromatic carbocycles. The van der Waals surface area contributed by atoms with Crippen molar-refractivity contribution in [1.82, 2.24) is 5.32 Å². The van der Waals surface area contributed by atoms with Crippen molar-refractivity contribution in [3.05, 3.63) is 29.3 Å². The van der Waals surface area contributed by atoms with Crippen molar-refractivity contribution in [2.75, 3.05) is 13.2 Å². The smallest absolute Gasteiger partial charge is 0.122 e. The van der Waals surface area contributed by atoms with Crippen molar-refractivity contribution in [1.29, 1.82) is 0 Å². The van der Waals surface area contributed by atoms with Gasteiger partial charge in [-0.1, -0.05) is 26.0 Å². The summed E-state index contributed by atoms with van der Waals surface area (Å²) in [6, 6.07) is 6.33. The van der Waals surface area contributed by atoms with Crippen LogP contribution in [0.5, 0.6) is 5.75 Å². The SMILES string of the molecule is CC(C)NCC(O)COc1cccc2c1CC(O)CC2. The summed E-state index contributed by atoms with van der Waals surface area (Å²) >= 11 is 0. The van der Waals surface area contributed by atoms with E-state index in [4.69, 9.17) is 4.74 Å². The predicted molar refractivity (Wildman–Crippen MR) is 79.1 cm³/mol. The first-order valence-electron chi connectivity index (χ1n) is 7.39. The normalized spacial score (nSPS) is 19.8. The lowest BCUT2D eigenvalue weighted by atomic mass is 9.89. The molecule has 0 fully saturated rings. The Morgan fingerprint density at radius 1 is 1.40 bits per heavy atom. The number of aryl methyl sites for hydroxylation is 1. The molecule has 0 heterocycles. The highest BCUT2D eigenvalue weighted by Gasteiger charge is 2.20. The molecule has 0 spiro atoms. The van der Waals surface area contributed by atoms with E-state index < -0.39 is 6.10 Å². The van der Waals surface area contributed by atoms with E-state index in [0.717, 1.165) is 24.2 Å². The third-order valence-electron chi connectivity index (χ3n) is 3.61. The number of aliphatic hydroxyl groups is 2. The summed E-state index contributed by atoms with van der Waals surface area (Å²) in [5.41, 5.74) is 2.35. The maximum atomic E-state index is 9.88. The van der Waals surface area contributed by atoms with E-state index in [1.165, 1.54) is 5.56 Å². The lowest BCUT2D eigenvalue weighted by molar-refractivity contribution is 0.102. The fourth-order valence-corrected chi connectivity index (χ4v) is 2.49. The van der Waals surface area contributed by atoms with Gasteiger partial charge in [0.1, 0.15) is 18.5 Å². The minimum atomic E-state index is -0.526. The van der Waals surface area contributed by atoms with Crippen LogP contribution in [0, 0.1) is 0 Å². The number of benzene rings is 1. The Balaban J connectivity index is 1.93. The van der Waals surface area contributed by atoms with Gasteiger partial charge in [-0.25, -0.2) is 0 Å². The van der Waals surface area contributed by atoms with Crippen LogP contribution in [0.25, 0.3) is 0 Å². The molecule has 1 aliphatic carbocycles. The minimum Gasteiger partial charge on any atom is -0.491 e. The molecule has 0 saturated carbocycles. The van der Waals surface area contributed by atoms with Crippen LogP contribution in [0.1, 0.15) is 31.4 Å². The number of fused-ring (bicyclic) bond motifs is 1. The molecule has 112 valence electrons. The van der Waals surface area contributed by atoms with Crippen LogP contribution < -0.4 is 10.1 Å². The topological polar surface area (TPSA) is 61.7 Å². The molecule has 4 heteroatoms. The van der Waals surface area contributed by atoms with Gasteiger partial charge in [0.25, 0.3) is 0 Å². The maximum absolute atomic E-state index is 9.88. The van der Waals surface area contributed by atoms with Gasteiger partial charge in [-0.05, 0) is 30.0 Å². The van der Waals surface area contributed by atoms with Gasteiger partial charge in [-0.2, -0.15) is 0 Å². The van der Waals surface area contributed by atoms with Gasteiger partial charge in [-0.3, -0.25) is 0 Å². The Bertz CT molecular complexity index is 434. The van der Waals surface area contributed by atoms with Gasteiger partial charge in [0.2, 0.25) is 0 Å². The fourth-order valence-electron chi connectivity index (χ4n) is 2.49. The number of ether oxygens (including phenoxy) is 1. The third kappa shape index (κ3) is 4.20. The van der Waals surface area contributed by atoms with Crippen molar-refractivity contribution in [2.45, 2.75) is 51.4 Å². The minimum absolute atomic E-state index is 0.270. The number of aliphatic hydroxyl groups excluding tert-OH is 2. The molecule has 20 heavy (non-hydrogen) atoms. The Morgan fingerprint density at radius 2 is 2.20 bits per heavy atom. The van der Waals surface area contributed by atoms with Gasteiger partial charge in [-0.15, -0.1) is 0 Å². The summed E-state index contributed by atoms with van der Waals surface area (Å²) in [4.78, 5) is 0. The molecular formula is C16H25NO3. The number of hydrogen-bond acceptors (Lipinski definition) is 4. The summed E-state index contributed by atoms with van der Waals surface area (Å²) < 4.78 is 5.75. The largest absolute Gasteiger partial charge is 0.491 e. The van der Waals surface area contributed by atoms with E-state index in [0.29, 0.717) is 19.0 Å². The van der Waals surface area contributed by atoms with Crippen molar-refractivity contribution in [3.8, 4) is 5.75 Å². The van der Waals surface area contributed by atoms with Crippen molar-refractivity contribution < 1.29 is 14.9 Å². The summed E-state index contributed by atoms with van der Waals surface area (Å²) in [5.74, 6) is 0.796. The van der Waals surface area contributed by atoms with E-state index >= 15 is 0 Å². The van der Waals surface area contributed by atoms with Gasteiger partial charge in [0.05, 0.1) is 6.10 Å². The molecule has 0 radical (unpaired) electrons. The van der Waals surface area contributed by atoms with Crippen LogP contribution in [-0.2, 0) is 12.8 Å². The Morgan fingerprint density at radius 3 is 2.95 bits per heavy atom. The highest BCUT2D eigenvalue weighted by molar-refractivity contribution is 5.42. The molecule has 3 N–H and O–H groups in total. The Hall–Kier alpha value is -1.10. The van der Waals surface area contributed by atoms with E-state index in [2.05, 4.69) is 11.4 Å². The molecule has 2 unspecified atom stereocenters. The van der Waals surface area contributed by atoms with Crippen LogP contribution in [0.2, 0.25) is 0 Å². The molecule has 2 atom stereocenters. The van der Waals surface area contributed by atoms with Gasteiger partial charge in [0, 0.05) is 19.0 Å². The molecule has 0 aromatic heterocycles. The molecule has 1 aromatic rings. The van der Waals surface area contributed by atoms with E-state index in [1.807, 2.05) is 26.0 Å². The summed E-state index contributed by atoms with van der Waals surface area (Å²) in [6.45, 7) is 4.88. The maximum Gasteiger partial charge on any atom is 0.122 e. The molecule has 1 aliphatic rings. The molecular weight excluding hydrogens is 254 g/mol. The second-order valence-electron chi connectivity index (χ2n) is 5.82. The van der Waals surface area contributed by atoms with Crippen LogP contribution in [0.15, 0.2) is 18.2 Å². The molecule has 4 nitrogen and oxygen atoms in total. The monoisotopic (exact) mass is 279 g/mol. The quantitative estimate of drug-likeness (QED) is 0.734. The number of nitrogens with one attached hydrogen (secondary N) is 1. The van der Waals surface area contributed by atoms with E-state index in [1.54, 1.807) is 0 Å². The van der Waals surface area contributed by atoms with Gasteiger partial charge in [0.15, 0.2) is 0 Å². The highest BCUT2D eigenvalue weighted by Crippen LogP contribution is 2.29. The summed E-state index contributed by atoms with van der Waals surface area (Å²) in [7, 11) is 0. The molecule has 0 saturated heterocycles. The third-order valence-corrected chi connectivity index (χ3v) is 3.61. The zero-order valence-electron chi connectivity index (χ0n) is 12.3. The van der Waals surface area contributed by atoms with Crippen molar-refractivity contribution in [2.24, 2.45) is 0 Å². The zero-order valence-corrected chi connectivity index (χ0v) is 12.3. The Kier molecular flexibility index (Phi) is 5.40. The van der Waals surface area contributed by atoms with Crippen LogP contribution in [-0.4, -0.2) is 41.6 Å². The van der Waals surface area contributed by atoms with Crippen molar-refractivity contribution in [3.63, 3.8) is 0 Å². The second-order valence-corrected chi connectivity index (χ2v) is 5.82. The predicted octanol–water partition coefficient (Wildman–Crippen LogP) is 1.27. The average Bonchev–Trinajstić information content (AvgIpc) is 2.42. The molecule has 2 rings (SSSR count). The standard InChI is InChI=1S/C16H25NO3/c1-11(2)17-9-14(19)10-20-16-5-3-4-12-6-7-13(18)8-15(12)16/h3-5,11,13-14,17-19H,6-10H2,1-2H3. The highest BCUT2D eigenvalue weighted by atomic mass is 16.5. The average molecular weight is 279 g/mol. The van der Waals surface area contributed by atoms with Crippen LogP contribution >= 0.6 is 0 Å². The summed E-state index contributed by atoms with van der Waals surface area (Å²) in [5, 5.41) is 22.8. The van der Waals surface area contributed by atoms with Crippen LogP contribution in [0.3, 0.4) is 0 Å². The van der Waals surface area contributed by atoms with Gasteiger partial charge >= 0.3 is 0 Å². The fraction of sp³-hybridized carbons (Fsp3) is 0.625. The lowest BCUT2D eigenvalue weighted by Crippen LogP contribution is -2.35. The van der Waals surface area contributed by atoms with Crippen LogP contribution in [0.4, 0.5) is 0 Å². The van der Waals surface area contributed by atoms with E-state index in [9.17, 15) is 10.2 Å². The first-order valence-corrected chi connectivity index (χ1v) is 7.39. The van der Waals surface area contributed by atoms with Crippen molar-refractivity contribution >= 4 is 0 Å². The number of rotatable bonds is 6. The molecule has 0 bridgehead atoms. The molecule has 0 amide bonds. The van der Waals surface area contributed by atoms with Gasteiger partial charge < -0.3 is 20.3 Å². The second kappa shape index (κ2) is 7.07. The molecule has 0 aliphatic heterocycles. The summed E-state index contributed by atoms with van der Waals surface area (Å²) in [6.07, 6.45) is 1.55. The van der Waals surface area contributed by atoms with E-state index in [-0.39, 0.29) is 12.7 Å². The Labute approximate surface area is 120 Å².